The molecular weight excluding hydrogens is 142 g/mol. The standard InChI is InChI=1S/C8H17NS/c1-5-8(3)7-9(6-2)10-4/h5,8H,1,6-7H2,2-4H3. The Bertz CT molecular complexity index is 89.3. The molecule has 1 nitrogen and oxygen atoms in total. The lowest BCUT2D eigenvalue weighted by atomic mass is 10.2. The van der Waals surface area contributed by atoms with Crippen LogP contribution < -0.4 is 0 Å². The van der Waals surface area contributed by atoms with Crippen molar-refractivity contribution in [1.29, 1.82) is 0 Å². The third kappa shape index (κ3) is 3.96. The van der Waals surface area contributed by atoms with Gasteiger partial charge in [-0.25, -0.2) is 0 Å². The van der Waals surface area contributed by atoms with E-state index in [1.807, 2.05) is 6.08 Å². The van der Waals surface area contributed by atoms with Crippen molar-refractivity contribution in [2.75, 3.05) is 19.3 Å². The molecule has 1 atom stereocenters. The van der Waals surface area contributed by atoms with E-state index < -0.39 is 0 Å². The minimum Gasteiger partial charge on any atom is -0.251 e. The van der Waals surface area contributed by atoms with Gasteiger partial charge in [-0.3, -0.25) is 4.31 Å². The number of rotatable bonds is 5. The molecule has 0 saturated heterocycles. The van der Waals surface area contributed by atoms with Crippen LogP contribution in [0.5, 0.6) is 0 Å². The molecule has 0 bridgehead atoms. The van der Waals surface area contributed by atoms with Gasteiger partial charge >= 0.3 is 0 Å². The van der Waals surface area contributed by atoms with Crippen LogP contribution in [0.2, 0.25) is 0 Å². The predicted molar refractivity (Wildman–Crippen MR) is 50.1 cm³/mol. The van der Waals surface area contributed by atoms with Gasteiger partial charge in [0.1, 0.15) is 0 Å². The maximum Gasteiger partial charge on any atom is 0.0149 e. The van der Waals surface area contributed by atoms with Crippen molar-refractivity contribution in [3.05, 3.63) is 12.7 Å². The first-order valence-electron chi connectivity index (χ1n) is 3.66. The Hall–Kier alpha value is 0.0500. The molecule has 0 saturated carbocycles. The molecule has 0 fully saturated rings. The molecule has 0 aromatic heterocycles. The van der Waals surface area contributed by atoms with E-state index in [2.05, 4.69) is 31.0 Å². The Morgan fingerprint density at radius 1 is 1.70 bits per heavy atom. The molecule has 0 spiro atoms. The molecule has 0 aliphatic carbocycles. The summed E-state index contributed by atoms with van der Waals surface area (Å²) in [5, 5.41) is 0. The number of nitrogens with zero attached hydrogens (tertiary/aromatic N) is 1. The first-order chi connectivity index (χ1) is 4.74. The highest BCUT2D eigenvalue weighted by Crippen LogP contribution is 2.08. The number of hydrogen-bond donors (Lipinski definition) is 0. The van der Waals surface area contributed by atoms with Crippen LogP contribution in [-0.2, 0) is 0 Å². The zero-order chi connectivity index (χ0) is 7.98. The Labute approximate surface area is 68.6 Å². The normalized spacial score (nSPS) is 13.6. The summed E-state index contributed by atoms with van der Waals surface area (Å²) in [4.78, 5) is 0. The average Bonchev–Trinajstić information content (AvgIpc) is 1.99. The molecule has 2 heteroatoms. The SMILES string of the molecule is C=CC(C)CN(CC)SC. The fourth-order valence-electron chi connectivity index (χ4n) is 0.728. The fraction of sp³-hybridized carbons (Fsp3) is 0.750. The van der Waals surface area contributed by atoms with Crippen LogP contribution in [0.15, 0.2) is 12.7 Å². The Kier molecular flexibility index (Phi) is 5.84. The molecule has 1 unspecified atom stereocenters. The van der Waals surface area contributed by atoms with E-state index in [-0.39, 0.29) is 0 Å². The van der Waals surface area contributed by atoms with Crippen molar-refractivity contribution in [2.24, 2.45) is 5.92 Å². The van der Waals surface area contributed by atoms with E-state index in [0.717, 1.165) is 13.1 Å². The highest BCUT2D eigenvalue weighted by molar-refractivity contribution is 7.96. The molecule has 0 N–H and O–H groups in total. The molecule has 0 aliphatic rings. The van der Waals surface area contributed by atoms with Gasteiger partial charge < -0.3 is 0 Å². The quantitative estimate of drug-likeness (QED) is 0.447. The van der Waals surface area contributed by atoms with Gasteiger partial charge in [-0.05, 0) is 12.2 Å². The average molecular weight is 159 g/mol. The van der Waals surface area contributed by atoms with Crippen molar-refractivity contribution in [3.63, 3.8) is 0 Å². The minimum absolute atomic E-state index is 0.604. The summed E-state index contributed by atoms with van der Waals surface area (Å²) < 4.78 is 2.33. The van der Waals surface area contributed by atoms with Crippen LogP contribution in [0.4, 0.5) is 0 Å². The molecule has 0 amide bonds. The zero-order valence-electron chi connectivity index (χ0n) is 7.13. The molecule has 60 valence electrons. The summed E-state index contributed by atoms with van der Waals surface area (Å²) in [5.74, 6) is 0.604. The van der Waals surface area contributed by atoms with Crippen LogP contribution in [0.1, 0.15) is 13.8 Å². The van der Waals surface area contributed by atoms with Gasteiger partial charge in [0.05, 0.1) is 0 Å². The van der Waals surface area contributed by atoms with Gasteiger partial charge in [0.2, 0.25) is 0 Å². The lowest BCUT2D eigenvalue weighted by Gasteiger charge is -2.18. The van der Waals surface area contributed by atoms with Gasteiger partial charge in [-0.15, -0.1) is 6.58 Å². The van der Waals surface area contributed by atoms with Crippen LogP contribution in [-0.4, -0.2) is 23.7 Å². The van der Waals surface area contributed by atoms with Crippen LogP contribution in [0.3, 0.4) is 0 Å². The van der Waals surface area contributed by atoms with Crippen LogP contribution in [0, 0.1) is 5.92 Å². The van der Waals surface area contributed by atoms with Crippen molar-refractivity contribution in [2.45, 2.75) is 13.8 Å². The second-order valence-corrected chi connectivity index (χ2v) is 3.26. The lowest BCUT2D eigenvalue weighted by molar-refractivity contribution is 0.448. The fourth-order valence-corrected chi connectivity index (χ4v) is 1.37. The van der Waals surface area contributed by atoms with Crippen LogP contribution in [0.25, 0.3) is 0 Å². The summed E-state index contributed by atoms with van der Waals surface area (Å²) in [6.07, 6.45) is 4.11. The van der Waals surface area contributed by atoms with E-state index in [4.69, 9.17) is 0 Å². The lowest BCUT2D eigenvalue weighted by Crippen LogP contribution is -2.20. The molecule has 10 heavy (non-hydrogen) atoms. The van der Waals surface area contributed by atoms with Crippen molar-refractivity contribution in [3.8, 4) is 0 Å². The Morgan fingerprint density at radius 3 is 2.60 bits per heavy atom. The Balaban J connectivity index is 3.51. The smallest absolute Gasteiger partial charge is 0.0149 e. The van der Waals surface area contributed by atoms with Gasteiger partial charge in [-0.1, -0.05) is 31.9 Å². The molecule has 0 radical (unpaired) electrons. The Morgan fingerprint density at radius 2 is 2.30 bits per heavy atom. The molecular formula is C8H17NS. The second kappa shape index (κ2) is 5.81. The zero-order valence-corrected chi connectivity index (χ0v) is 7.95. The third-order valence-corrected chi connectivity index (χ3v) is 2.43. The van der Waals surface area contributed by atoms with Crippen LogP contribution >= 0.6 is 11.9 Å². The summed E-state index contributed by atoms with van der Waals surface area (Å²) >= 11 is 1.80. The summed E-state index contributed by atoms with van der Waals surface area (Å²) in [6.45, 7) is 10.3. The third-order valence-electron chi connectivity index (χ3n) is 1.50. The van der Waals surface area contributed by atoms with E-state index >= 15 is 0 Å². The van der Waals surface area contributed by atoms with E-state index in [9.17, 15) is 0 Å². The molecule has 0 aromatic rings. The maximum atomic E-state index is 3.75. The van der Waals surface area contributed by atoms with E-state index in [1.165, 1.54) is 0 Å². The van der Waals surface area contributed by atoms with Crippen molar-refractivity contribution < 1.29 is 0 Å². The topological polar surface area (TPSA) is 3.24 Å². The molecule has 0 aromatic carbocycles. The maximum absolute atomic E-state index is 3.75. The van der Waals surface area contributed by atoms with Gasteiger partial charge in [0.25, 0.3) is 0 Å². The first kappa shape index (κ1) is 10.0. The van der Waals surface area contributed by atoms with E-state index in [0.29, 0.717) is 5.92 Å². The predicted octanol–water partition coefficient (Wildman–Crippen LogP) is 2.41. The second-order valence-electron chi connectivity index (χ2n) is 2.38. The van der Waals surface area contributed by atoms with Crippen molar-refractivity contribution in [1.82, 2.24) is 4.31 Å². The van der Waals surface area contributed by atoms with E-state index in [1.54, 1.807) is 11.9 Å². The number of hydrogen-bond acceptors (Lipinski definition) is 2. The highest BCUT2D eigenvalue weighted by atomic mass is 32.2. The summed E-state index contributed by atoms with van der Waals surface area (Å²) in [5.41, 5.74) is 0. The van der Waals surface area contributed by atoms with Gasteiger partial charge in [0, 0.05) is 13.1 Å². The molecule has 0 heterocycles. The van der Waals surface area contributed by atoms with Gasteiger partial charge in [0.15, 0.2) is 0 Å². The largest absolute Gasteiger partial charge is 0.251 e. The summed E-state index contributed by atoms with van der Waals surface area (Å²) in [6, 6.07) is 0. The first-order valence-corrected chi connectivity index (χ1v) is 4.84. The summed E-state index contributed by atoms with van der Waals surface area (Å²) in [7, 11) is 0. The molecule has 0 aliphatic heterocycles. The monoisotopic (exact) mass is 159 g/mol. The highest BCUT2D eigenvalue weighted by Gasteiger charge is 2.02. The molecule has 0 rings (SSSR count). The van der Waals surface area contributed by atoms with Crippen molar-refractivity contribution >= 4 is 11.9 Å². The van der Waals surface area contributed by atoms with Gasteiger partial charge in [-0.2, -0.15) is 0 Å². The minimum atomic E-state index is 0.604.